The Kier molecular flexibility index (Phi) is 19.4. The van der Waals surface area contributed by atoms with Crippen LogP contribution >= 0.6 is 31.9 Å². The average molecular weight is 1330 g/mol. The first-order chi connectivity index (χ1) is 41.9. The molecule has 3 N–H and O–H groups in total. The van der Waals surface area contributed by atoms with Gasteiger partial charge in [-0.25, -0.2) is 8.78 Å². The molecule has 3 saturated heterocycles. The minimum Gasteiger partial charge on any atom is -0.490 e. The van der Waals surface area contributed by atoms with Gasteiger partial charge in [0.15, 0.2) is 30.3 Å². The molecular formula is C54H55Br2F2N17O12. The number of piperidine rings is 3. The van der Waals surface area contributed by atoms with Crippen LogP contribution in [-0.2, 0) is 34.0 Å². The van der Waals surface area contributed by atoms with Crippen molar-refractivity contribution >= 4 is 67.5 Å². The summed E-state index contributed by atoms with van der Waals surface area (Å²) in [5.74, 6) is 0.317. The van der Waals surface area contributed by atoms with E-state index in [0.717, 1.165) is 69.7 Å². The molecule has 0 amide bonds. The summed E-state index contributed by atoms with van der Waals surface area (Å²) < 4.78 is 64.0. The zero-order valence-corrected chi connectivity index (χ0v) is 49.6. The van der Waals surface area contributed by atoms with Crippen molar-refractivity contribution in [3.05, 3.63) is 111 Å². The number of carboxylic acids is 3. The Bertz CT molecular complexity index is 3430. The zero-order chi connectivity index (χ0) is 61.1. The van der Waals surface area contributed by atoms with Crippen LogP contribution in [0.1, 0.15) is 49.7 Å². The van der Waals surface area contributed by atoms with Gasteiger partial charge in [0.1, 0.15) is 60.0 Å². The maximum absolute atomic E-state index is 13.4. The number of aliphatic carboxylic acids is 3. The number of carbonyl (C=O) groups is 3. The maximum atomic E-state index is 13.4. The van der Waals surface area contributed by atoms with E-state index in [1.807, 2.05) is 41.8 Å². The van der Waals surface area contributed by atoms with Crippen LogP contribution in [0.25, 0.3) is 34.7 Å². The molecule has 0 atom stereocenters. The highest BCUT2D eigenvalue weighted by Crippen LogP contribution is 2.32. The van der Waals surface area contributed by atoms with Gasteiger partial charge < -0.3 is 57.7 Å². The molecule has 0 aliphatic carbocycles. The van der Waals surface area contributed by atoms with Crippen LogP contribution in [0.4, 0.5) is 26.6 Å². The predicted molar refractivity (Wildman–Crippen MR) is 307 cm³/mol. The summed E-state index contributed by atoms with van der Waals surface area (Å²) in [6.45, 7) is 7.15. The molecule has 3 fully saturated rings. The van der Waals surface area contributed by atoms with Crippen LogP contribution in [0.2, 0.25) is 0 Å². The predicted octanol–water partition coefficient (Wildman–Crippen LogP) is 7.41. The van der Waals surface area contributed by atoms with Gasteiger partial charge in [0.2, 0.25) is 17.4 Å². The molecule has 87 heavy (non-hydrogen) atoms. The first-order valence-corrected chi connectivity index (χ1v) is 28.8. The van der Waals surface area contributed by atoms with Crippen molar-refractivity contribution < 1.29 is 66.2 Å². The number of aromatic nitrogens is 14. The summed E-state index contributed by atoms with van der Waals surface area (Å²) in [5.41, 5.74) is 2.81. The maximum Gasteiger partial charge on any atom is 0.327 e. The average Bonchev–Trinajstić information content (AvgIpc) is 4.58. The molecule has 9 heterocycles. The van der Waals surface area contributed by atoms with Gasteiger partial charge in [-0.05, 0) is 92.9 Å². The van der Waals surface area contributed by atoms with E-state index in [9.17, 15) is 23.2 Å². The van der Waals surface area contributed by atoms with Gasteiger partial charge in [0, 0.05) is 107 Å². The Morgan fingerprint density at radius 2 is 1.15 bits per heavy atom. The lowest BCUT2D eigenvalue weighted by atomic mass is 10.1. The molecule has 0 bridgehead atoms. The Hall–Kier alpha value is -9.40. The van der Waals surface area contributed by atoms with Crippen molar-refractivity contribution in [2.24, 2.45) is 0 Å². The molecule has 0 spiro atoms. The number of ether oxygens (including phenoxy) is 3. The highest BCUT2D eigenvalue weighted by atomic mass is 79.9. The molecule has 0 unspecified atom stereocenters. The highest BCUT2D eigenvalue weighted by molar-refractivity contribution is 9.10. The normalized spacial score (nSPS) is 14.9. The number of nitrogens with zero attached hydrogens (tertiary/aromatic N) is 17. The Morgan fingerprint density at radius 1 is 0.598 bits per heavy atom. The number of aryl methyl sites for hydroxylation is 2. The van der Waals surface area contributed by atoms with Crippen molar-refractivity contribution in [3.8, 4) is 51.9 Å². The monoisotopic (exact) mass is 1330 g/mol. The number of halogens is 4. The second-order valence-corrected chi connectivity index (χ2v) is 21.9. The fraction of sp³-hybridized carbons (Fsp3) is 0.370. The van der Waals surface area contributed by atoms with Crippen molar-refractivity contribution in [1.29, 1.82) is 0 Å². The van der Waals surface area contributed by atoms with E-state index in [4.69, 9.17) is 43.0 Å². The van der Waals surface area contributed by atoms with Crippen molar-refractivity contribution in [3.63, 3.8) is 0 Å². The largest absolute Gasteiger partial charge is 0.490 e. The van der Waals surface area contributed by atoms with Gasteiger partial charge in [-0.3, -0.25) is 19.1 Å². The van der Waals surface area contributed by atoms with Crippen LogP contribution < -0.4 is 28.9 Å². The van der Waals surface area contributed by atoms with Crippen LogP contribution in [0.15, 0.2) is 102 Å². The zero-order valence-electron chi connectivity index (χ0n) is 46.5. The summed E-state index contributed by atoms with van der Waals surface area (Å²) in [5, 5.41) is 61.5. The van der Waals surface area contributed by atoms with E-state index >= 15 is 0 Å². The lowest BCUT2D eigenvalue weighted by Crippen LogP contribution is -2.38. The SMILES string of the molecule is Cc1ccc(Br)cc1OC1CCN(c2cc(-c3nnn(CC(=O)O)n3)on2)CC1.Cc1ccc(F)cc1OC1CCN(c2noc(-c3ccn(CC(=O)O)n3)n2)CC1.O=C(O)Cn1nnc(-c2coc(N3CCC(Oc4cc(F)ccc4Br)CC3)n2)n1. The lowest BCUT2D eigenvalue weighted by Gasteiger charge is -2.32. The fourth-order valence-corrected chi connectivity index (χ4v) is 9.98. The van der Waals surface area contributed by atoms with E-state index in [0.29, 0.717) is 89.9 Å². The lowest BCUT2D eigenvalue weighted by molar-refractivity contribution is -0.139. The van der Waals surface area contributed by atoms with Gasteiger partial charge >= 0.3 is 17.9 Å². The van der Waals surface area contributed by atoms with Gasteiger partial charge in [0.05, 0.1) is 4.47 Å². The summed E-state index contributed by atoms with van der Waals surface area (Å²) in [6, 6.07) is 18.7. The van der Waals surface area contributed by atoms with Crippen LogP contribution in [-0.4, -0.2) is 161 Å². The first-order valence-electron chi connectivity index (χ1n) is 27.2. The molecule has 6 aromatic heterocycles. The quantitative estimate of drug-likeness (QED) is 0.0752. The molecule has 33 heteroatoms. The Morgan fingerprint density at radius 3 is 1.79 bits per heavy atom. The number of carboxylic acid groups (broad SMARTS) is 3. The third kappa shape index (κ3) is 16.3. The number of anilines is 3. The second-order valence-electron chi connectivity index (χ2n) is 20.1. The Balaban J connectivity index is 0.000000144. The fourth-order valence-electron chi connectivity index (χ4n) is 9.30. The van der Waals surface area contributed by atoms with E-state index < -0.39 is 17.9 Å². The molecule has 0 saturated carbocycles. The van der Waals surface area contributed by atoms with Crippen molar-refractivity contribution in [1.82, 2.24) is 70.5 Å². The van der Waals surface area contributed by atoms with E-state index in [1.54, 1.807) is 30.5 Å². The van der Waals surface area contributed by atoms with E-state index in [1.165, 1.54) is 35.2 Å². The topological polar surface area (TPSA) is 345 Å². The third-order valence-corrected chi connectivity index (χ3v) is 14.9. The second kappa shape index (κ2) is 27.8. The number of hydrogen-bond acceptors (Lipinski definition) is 23. The third-order valence-electron chi connectivity index (χ3n) is 13.7. The summed E-state index contributed by atoms with van der Waals surface area (Å²) >= 11 is 6.85. The standard InChI is InChI=1S/C19H20FN5O4.C18H19BrN6O4.C17H16BrFN6O4/c1-12-2-3-13(20)10-16(12)28-14-4-7-24(8-5-14)19-21-18(29-23-19)15-6-9-25(22-15)11-17(26)27;1-11-2-3-12(19)8-14(11)28-13-4-6-24(7-5-13)16-9-15(29-22-16)18-20-23-25(21-18)10-17(26)27;18-12-2-1-10(19)7-14(12)29-11-3-5-24(6-4-11)17-20-13(9-28-17)16-21-23-25(22-16)8-15(26)27/h2-3,6,9-10,14H,4-5,7-8,11H2,1H3,(H,26,27);2-3,8-9,13H,4-7,10H2,1H3,(H,26,27);1-2,7,9,11H,3-6,8H2,(H,26,27). The molecule has 12 rings (SSSR count). The van der Waals surface area contributed by atoms with Gasteiger partial charge in [0.25, 0.3) is 17.9 Å². The summed E-state index contributed by atoms with van der Waals surface area (Å²) in [4.78, 5) is 48.9. The Labute approximate surface area is 509 Å². The number of rotatable bonds is 18. The number of benzene rings is 3. The van der Waals surface area contributed by atoms with Crippen LogP contribution in [0, 0.1) is 25.5 Å². The van der Waals surface area contributed by atoms with Crippen LogP contribution in [0.5, 0.6) is 17.2 Å². The molecule has 456 valence electrons. The van der Waals surface area contributed by atoms with Crippen molar-refractivity contribution in [2.75, 3.05) is 54.0 Å². The van der Waals surface area contributed by atoms with E-state index in [-0.39, 0.29) is 67.1 Å². The highest BCUT2D eigenvalue weighted by Gasteiger charge is 2.29. The van der Waals surface area contributed by atoms with Crippen molar-refractivity contribution in [2.45, 2.75) is 90.3 Å². The first kappa shape index (κ1) is 60.7. The molecule has 3 aromatic carbocycles. The molecule has 3 aliphatic rings. The molecule has 3 aliphatic heterocycles. The number of hydrogen-bond donors (Lipinski definition) is 3. The van der Waals surface area contributed by atoms with E-state index in [2.05, 4.69) is 93.0 Å². The summed E-state index contributed by atoms with van der Waals surface area (Å²) in [7, 11) is 0. The van der Waals surface area contributed by atoms with Gasteiger partial charge in [-0.1, -0.05) is 33.2 Å². The van der Waals surface area contributed by atoms with Gasteiger partial charge in [-0.2, -0.15) is 24.7 Å². The minimum atomic E-state index is -1.06. The smallest absolute Gasteiger partial charge is 0.327 e. The number of tetrazole rings is 2. The minimum absolute atomic E-state index is 0.00941. The summed E-state index contributed by atoms with van der Waals surface area (Å²) in [6.07, 6.45) is 7.68. The molecule has 29 nitrogen and oxygen atoms in total. The molecule has 0 radical (unpaired) electrons. The van der Waals surface area contributed by atoms with Crippen LogP contribution in [0.3, 0.4) is 0 Å². The number of oxazole rings is 1. The molecule has 9 aromatic rings. The van der Waals surface area contributed by atoms with Gasteiger partial charge in [-0.15, -0.1) is 20.4 Å². The molecular weight excluding hydrogens is 1280 g/mol.